The van der Waals surface area contributed by atoms with Crippen LogP contribution in [-0.2, 0) is 22.7 Å². The normalized spacial score (nSPS) is 13.0. The van der Waals surface area contributed by atoms with Crippen molar-refractivity contribution in [3.05, 3.63) is 80.9 Å². The molecule has 0 bridgehead atoms. The zero-order chi connectivity index (χ0) is 27.8. The van der Waals surface area contributed by atoms with E-state index in [4.69, 9.17) is 16.3 Å². The number of amides is 2. The van der Waals surface area contributed by atoms with Gasteiger partial charge in [-0.1, -0.05) is 17.7 Å². The van der Waals surface area contributed by atoms with Crippen molar-refractivity contribution in [3.8, 4) is 5.88 Å². The molecule has 0 aliphatic carbocycles. The van der Waals surface area contributed by atoms with Crippen molar-refractivity contribution in [2.45, 2.75) is 32.6 Å². The molecule has 13 heteroatoms. The van der Waals surface area contributed by atoms with Crippen molar-refractivity contribution in [1.29, 1.82) is 0 Å². The van der Waals surface area contributed by atoms with E-state index in [1.807, 2.05) is 0 Å². The fraction of sp³-hybridized carbons (Fsp3) is 0.280. The lowest BCUT2D eigenvalue weighted by Crippen LogP contribution is -2.47. The predicted molar refractivity (Wildman–Crippen MR) is 133 cm³/mol. The summed E-state index contributed by atoms with van der Waals surface area (Å²) >= 11 is 6.15. The minimum Gasteiger partial charge on any atom is -0.471 e. The maximum Gasteiger partial charge on any atom is 0.276 e. The smallest absolute Gasteiger partial charge is 0.276 e. The molecule has 1 aliphatic heterocycles. The summed E-state index contributed by atoms with van der Waals surface area (Å²) in [5, 5.41) is 19.2. The molecule has 38 heavy (non-hydrogen) atoms. The number of rotatable bonds is 7. The number of aliphatic hydroxyl groups is 2. The van der Waals surface area contributed by atoms with Gasteiger partial charge in [0.2, 0.25) is 5.88 Å². The van der Waals surface area contributed by atoms with Gasteiger partial charge >= 0.3 is 0 Å². The number of halogens is 3. The van der Waals surface area contributed by atoms with E-state index < -0.39 is 41.2 Å². The van der Waals surface area contributed by atoms with E-state index >= 15 is 0 Å². The highest BCUT2D eigenvalue weighted by Crippen LogP contribution is 2.38. The van der Waals surface area contributed by atoms with Gasteiger partial charge in [-0.2, -0.15) is 0 Å². The summed E-state index contributed by atoms with van der Waals surface area (Å²) in [7, 11) is 0. The first-order valence-corrected chi connectivity index (χ1v) is 11.7. The SMILES string of the molecule is CC(C)(O)C(=O)N1CN(C(=O)CO)c2cc(Cn3cnc(OCc4ccc(F)cc4F)c(Cl)c3=O)ccc21. The second-order valence-electron chi connectivity index (χ2n) is 9.06. The van der Waals surface area contributed by atoms with Crippen molar-refractivity contribution < 1.29 is 33.3 Å². The van der Waals surface area contributed by atoms with Gasteiger partial charge in [0.05, 0.1) is 17.9 Å². The fourth-order valence-electron chi connectivity index (χ4n) is 3.85. The number of benzene rings is 2. The van der Waals surface area contributed by atoms with Gasteiger partial charge in [-0.05, 0) is 43.7 Å². The predicted octanol–water partition coefficient (Wildman–Crippen LogP) is 2.20. The number of aliphatic hydroxyl groups excluding tert-OH is 1. The number of hydrogen-bond donors (Lipinski definition) is 2. The Hall–Kier alpha value is -3.87. The van der Waals surface area contributed by atoms with Crippen LogP contribution in [0.3, 0.4) is 0 Å². The van der Waals surface area contributed by atoms with Gasteiger partial charge in [-0.15, -0.1) is 0 Å². The third-order valence-corrected chi connectivity index (χ3v) is 6.12. The van der Waals surface area contributed by atoms with Crippen molar-refractivity contribution in [2.24, 2.45) is 0 Å². The van der Waals surface area contributed by atoms with Crippen LogP contribution in [0.25, 0.3) is 0 Å². The van der Waals surface area contributed by atoms with Gasteiger partial charge in [0.15, 0.2) is 5.02 Å². The molecular weight excluding hydrogens is 526 g/mol. The molecule has 0 unspecified atom stereocenters. The Labute approximate surface area is 220 Å². The zero-order valence-corrected chi connectivity index (χ0v) is 21.1. The quantitative estimate of drug-likeness (QED) is 0.464. The van der Waals surface area contributed by atoms with Gasteiger partial charge < -0.3 is 14.9 Å². The van der Waals surface area contributed by atoms with Crippen LogP contribution in [0.5, 0.6) is 5.88 Å². The van der Waals surface area contributed by atoms with Crippen LogP contribution in [0.15, 0.2) is 47.5 Å². The maximum absolute atomic E-state index is 13.8. The molecular formula is C25H23ClF2N4O6. The van der Waals surface area contributed by atoms with Crippen molar-refractivity contribution in [1.82, 2.24) is 9.55 Å². The molecule has 0 saturated carbocycles. The number of ether oxygens (including phenoxy) is 1. The van der Waals surface area contributed by atoms with E-state index in [0.717, 1.165) is 6.07 Å². The summed E-state index contributed by atoms with van der Waals surface area (Å²) < 4.78 is 33.5. The molecule has 0 atom stereocenters. The largest absolute Gasteiger partial charge is 0.471 e. The van der Waals surface area contributed by atoms with Crippen LogP contribution >= 0.6 is 11.6 Å². The van der Waals surface area contributed by atoms with Crippen molar-refractivity contribution in [2.75, 3.05) is 23.1 Å². The lowest BCUT2D eigenvalue weighted by atomic mass is 10.1. The molecule has 2 heterocycles. The van der Waals surface area contributed by atoms with Crippen LogP contribution in [0.1, 0.15) is 25.0 Å². The van der Waals surface area contributed by atoms with Crippen molar-refractivity contribution in [3.63, 3.8) is 0 Å². The number of hydrogen-bond acceptors (Lipinski definition) is 7. The molecule has 0 fully saturated rings. The molecule has 3 aromatic rings. The third-order valence-electron chi connectivity index (χ3n) is 5.79. The zero-order valence-electron chi connectivity index (χ0n) is 20.3. The average molecular weight is 549 g/mol. The molecule has 4 rings (SSSR count). The van der Waals surface area contributed by atoms with Crippen LogP contribution in [0, 0.1) is 11.6 Å². The van der Waals surface area contributed by atoms with Gasteiger partial charge in [0, 0.05) is 11.6 Å². The number of aromatic nitrogens is 2. The van der Waals surface area contributed by atoms with Crippen LogP contribution in [-0.4, -0.2) is 50.5 Å². The molecule has 2 aromatic carbocycles. The Balaban J connectivity index is 1.58. The number of fused-ring (bicyclic) bond motifs is 1. The summed E-state index contributed by atoms with van der Waals surface area (Å²) in [4.78, 5) is 44.3. The molecule has 1 aliphatic rings. The standard InChI is InChI=1S/C25H23ClF2N4O6/c1-25(2,37)24(36)32-13-31(20(34)10-33)19-7-14(3-6-18(19)32)9-30-12-29-22(21(26)23(30)35)38-11-15-4-5-16(27)8-17(15)28/h3-8,12,33,37H,9-11,13H2,1-2H3. The summed E-state index contributed by atoms with van der Waals surface area (Å²) in [6.07, 6.45) is 1.18. The Morgan fingerprint density at radius 1 is 1.13 bits per heavy atom. The van der Waals surface area contributed by atoms with Crippen LogP contribution in [0.2, 0.25) is 5.02 Å². The first-order valence-electron chi connectivity index (χ1n) is 11.3. The van der Waals surface area contributed by atoms with E-state index in [-0.39, 0.29) is 36.3 Å². The van der Waals surface area contributed by atoms with Gasteiger partial charge in [0.1, 0.15) is 43.4 Å². The average Bonchev–Trinajstić information content (AvgIpc) is 3.24. The van der Waals surface area contributed by atoms with E-state index in [9.17, 15) is 33.4 Å². The van der Waals surface area contributed by atoms with E-state index in [2.05, 4.69) is 4.98 Å². The second kappa shape index (κ2) is 10.5. The van der Waals surface area contributed by atoms with E-state index in [1.54, 1.807) is 18.2 Å². The molecule has 200 valence electrons. The Bertz CT molecular complexity index is 1470. The van der Waals surface area contributed by atoms with Gasteiger partial charge in [-0.3, -0.25) is 28.8 Å². The minimum atomic E-state index is -1.70. The highest BCUT2D eigenvalue weighted by atomic mass is 35.5. The first kappa shape index (κ1) is 27.2. The maximum atomic E-state index is 13.8. The number of anilines is 2. The topological polar surface area (TPSA) is 125 Å². The van der Waals surface area contributed by atoms with Crippen molar-refractivity contribution >= 4 is 34.8 Å². The van der Waals surface area contributed by atoms with Crippen LogP contribution < -0.4 is 20.1 Å². The lowest BCUT2D eigenvalue weighted by Gasteiger charge is -2.25. The molecule has 2 amide bonds. The summed E-state index contributed by atoms with van der Waals surface area (Å²) in [5.41, 5.74) is -1.10. The highest BCUT2D eigenvalue weighted by molar-refractivity contribution is 6.31. The van der Waals surface area contributed by atoms with Gasteiger partial charge in [-0.25, -0.2) is 13.8 Å². The van der Waals surface area contributed by atoms with E-state index in [0.29, 0.717) is 23.0 Å². The molecule has 2 N–H and O–H groups in total. The monoisotopic (exact) mass is 548 g/mol. The molecule has 0 radical (unpaired) electrons. The summed E-state index contributed by atoms with van der Waals surface area (Å²) in [5.74, 6) is -3.08. The van der Waals surface area contributed by atoms with Crippen LogP contribution in [0.4, 0.5) is 20.2 Å². The first-order chi connectivity index (χ1) is 17.9. The Morgan fingerprint density at radius 3 is 2.53 bits per heavy atom. The fourth-order valence-corrected chi connectivity index (χ4v) is 4.06. The summed E-state index contributed by atoms with van der Waals surface area (Å²) in [6.45, 7) is 1.30. The second-order valence-corrected chi connectivity index (χ2v) is 9.44. The Kier molecular flexibility index (Phi) is 7.49. The number of nitrogens with zero attached hydrogens (tertiary/aromatic N) is 4. The van der Waals surface area contributed by atoms with E-state index in [1.165, 1.54) is 40.6 Å². The molecule has 0 saturated heterocycles. The molecule has 0 spiro atoms. The Morgan fingerprint density at radius 2 is 1.87 bits per heavy atom. The number of carbonyl (C=O) groups excluding carboxylic acids is 2. The molecule has 10 nitrogen and oxygen atoms in total. The third kappa shape index (κ3) is 5.37. The summed E-state index contributed by atoms with van der Waals surface area (Å²) in [6, 6.07) is 7.74. The molecule has 1 aromatic heterocycles. The lowest BCUT2D eigenvalue weighted by molar-refractivity contribution is -0.133. The highest BCUT2D eigenvalue weighted by Gasteiger charge is 2.39. The minimum absolute atomic E-state index is 0.0215. The van der Waals surface area contributed by atoms with Gasteiger partial charge in [0.25, 0.3) is 17.4 Å². The number of carbonyl (C=O) groups is 2.